The van der Waals surface area contributed by atoms with Crippen LogP contribution in [0.15, 0.2) is 58.3 Å². The zero-order valence-electron chi connectivity index (χ0n) is 17.4. The number of aromatic nitrogens is 1. The van der Waals surface area contributed by atoms with Crippen molar-refractivity contribution in [2.75, 3.05) is 7.11 Å². The van der Waals surface area contributed by atoms with Gasteiger partial charge in [-0.25, -0.2) is 0 Å². The number of alkyl halides is 3. The highest BCUT2D eigenvalue weighted by Gasteiger charge is 2.53. The maximum Gasteiger partial charge on any atom is 0.422 e. The van der Waals surface area contributed by atoms with E-state index in [1.165, 1.54) is 25.3 Å². The Morgan fingerprint density at radius 3 is 2.56 bits per heavy atom. The Hall–Kier alpha value is -2.84. The number of nitrogens with zero attached hydrogens (tertiary/aromatic N) is 1. The first kappa shape index (κ1) is 23.8. The van der Waals surface area contributed by atoms with Crippen molar-refractivity contribution in [1.29, 1.82) is 0 Å². The predicted octanol–water partition coefficient (Wildman–Crippen LogP) is 5.77. The van der Waals surface area contributed by atoms with Gasteiger partial charge in [0.2, 0.25) is 5.56 Å². The SMILES string of the molecule is CCC(CC(O)(C=Nc1cccc2[nH]c(=O)ccc12)C(F)(F)F)c1cccc(Cl)c1OC. The molecule has 2 atom stereocenters. The largest absolute Gasteiger partial charge is 0.495 e. The summed E-state index contributed by atoms with van der Waals surface area (Å²) in [7, 11) is 1.39. The van der Waals surface area contributed by atoms with Crippen molar-refractivity contribution in [2.24, 2.45) is 4.99 Å². The van der Waals surface area contributed by atoms with E-state index in [0.717, 1.165) is 0 Å². The van der Waals surface area contributed by atoms with Crippen molar-refractivity contribution in [3.05, 3.63) is 69.5 Å². The topological polar surface area (TPSA) is 74.7 Å². The molecule has 0 spiro atoms. The second kappa shape index (κ2) is 9.34. The number of nitrogens with one attached hydrogen (secondary N) is 1. The minimum atomic E-state index is -4.98. The summed E-state index contributed by atoms with van der Waals surface area (Å²) < 4.78 is 47.3. The summed E-state index contributed by atoms with van der Waals surface area (Å²) in [5.74, 6) is -0.425. The van der Waals surface area contributed by atoms with E-state index in [9.17, 15) is 23.1 Å². The van der Waals surface area contributed by atoms with Gasteiger partial charge in [0.1, 0.15) is 5.75 Å². The molecule has 0 aliphatic carbocycles. The average Bonchev–Trinajstić information content (AvgIpc) is 2.74. The molecule has 2 aromatic carbocycles. The van der Waals surface area contributed by atoms with Crippen LogP contribution in [0.4, 0.5) is 18.9 Å². The lowest BCUT2D eigenvalue weighted by Gasteiger charge is -2.31. The van der Waals surface area contributed by atoms with E-state index in [4.69, 9.17) is 16.3 Å². The lowest BCUT2D eigenvalue weighted by atomic mass is 9.84. The monoisotopic (exact) mass is 466 g/mol. The Bertz CT molecular complexity index is 1190. The van der Waals surface area contributed by atoms with Crippen LogP contribution in [0.1, 0.15) is 31.2 Å². The number of hydrogen-bond donors (Lipinski definition) is 2. The molecule has 2 unspecified atom stereocenters. The molecular formula is C23H22ClF3N2O3. The fourth-order valence-electron chi connectivity index (χ4n) is 3.61. The van der Waals surface area contributed by atoms with E-state index in [1.54, 1.807) is 37.3 Å². The van der Waals surface area contributed by atoms with E-state index >= 15 is 0 Å². The first-order valence-electron chi connectivity index (χ1n) is 9.88. The number of rotatable bonds is 7. The Kier molecular flexibility index (Phi) is 6.95. The molecule has 9 heteroatoms. The molecule has 0 fully saturated rings. The number of methoxy groups -OCH3 is 1. The zero-order valence-corrected chi connectivity index (χ0v) is 18.2. The maximum atomic E-state index is 14.0. The van der Waals surface area contributed by atoms with Gasteiger partial charge in [0.25, 0.3) is 0 Å². The molecule has 32 heavy (non-hydrogen) atoms. The minimum Gasteiger partial charge on any atom is -0.495 e. The number of hydrogen-bond acceptors (Lipinski definition) is 4. The van der Waals surface area contributed by atoms with Gasteiger partial charge in [-0.2, -0.15) is 13.2 Å². The summed E-state index contributed by atoms with van der Waals surface area (Å²) in [6, 6.07) is 12.3. The van der Waals surface area contributed by atoms with Crippen LogP contribution in [0, 0.1) is 0 Å². The van der Waals surface area contributed by atoms with E-state index in [1.807, 2.05) is 0 Å². The second-order valence-corrected chi connectivity index (χ2v) is 7.82. The number of benzene rings is 2. The number of H-pyrrole nitrogens is 1. The molecule has 0 saturated heterocycles. The number of aliphatic imine (C=N–C) groups is 1. The number of halogens is 4. The van der Waals surface area contributed by atoms with Crippen LogP contribution in [0.25, 0.3) is 10.9 Å². The fourth-order valence-corrected chi connectivity index (χ4v) is 3.87. The fraction of sp³-hybridized carbons (Fsp3) is 0.304. The van der Waals surface area contributed by atoms with Crippen molar-refractivity contribution in [1.82, 2.24) is 4.98 Å². The molecule has 0 amide bonds. The molecule has 0 bridgehead atoms. The van der Waals surface area contributed by atoms with Gasteiger partial charge in [0.05, 0.1) is 23.3 Å². The molecule has 0 aliphatic rings. The van der Waals surface area contributed by atoms with Gasteiger partial charge < -0.3 is 14.8 Å². The summed E-state index contributed by atoms with van der Waals surface area (Å²) >= 11 is 6.14. The summed E-state index contributed by atoms with van der Waals surface area (Å²) in [5, 5.41) is 11.4. The van der Waals surface area contributed by atoms with E-state index < -0.39 is 24.1 Å². The first-order chi connectivity index (χ1) is 15.1. The molecule has 0 saturated carbocycles. The third-order valence-electron chi connectivity index (χ3n) is 5.34. The highest BCUT2D eigenvalue weighted by atomic mass is 35.5. The van der Waals surface area contributed by atoms with E-state index in [2.05, 4.69) is 9.98 Å². The van der Waals surface area contributed by atoms with Crippen molar-refractivity contribution in [2.45, 2.75) is 37.5 Å². The Morgan fingerprint density at radius 1 is 1.19 bits per heavy atom. The van der Waals surface area contributed by atoms with Crippen LogP contribution < -0.4 is 10.3 Å². The standard InChI is InChI=1S/C23H22ClF3N2O3/c1-3-14(15-6-4-7-17(24)21(15)32-2)12-22(31,23(25,26)27)13-28-18-8-5-9-19-16(18)10-11-20(30)29-19/h4-11,13-14,31H,3,12H2,1-2H3,(H,29,30). The number of aliphatic hydroxyl groups is 1. The average molecular weight is 467 g/mol. The van der Waals surface area contributed by atoms with Gasteiger partial charge in [-0.1, -0.05) is 36.7 Å². The number of pyridine rings is 1. The third kappa shape index (κ3) is 4.81. The van der Waals surface area contributed by atoms with Gasteiger partial charge in [-0.3, -0.25) is 9.79 Å². The van der Waals surface area contributed by atoms with E-state index in [-0.39, 0.29) is 22.0 Å². The Balaban J connectivity index is 2.02. The molecule has 170 valence electrons. The van der Waals surface area contributed by atoms with Gasteiger partial charge in [0, 0.05) is 17.7 Å². The van der Waals surface area contributed by atoms with Crippen molar-refractivity contribution < 1.29 is 23.0 Å². The van der Waals surface area contributed by atoms with E-state index in [0.29, 0.717) is 29.1 Å². The highest BCUT2D eigenvalue weighted by molar-refractivity contribution is 6.32. The molecule has 1 aromatic heterocycles. The van der Waals surface area contributed by atoms with Crippen LogP contribution in [-0.4, -0.2) is 35.2 Å². The Morgan fingerprint density at radius 2 is 1.91 bits per heavy atom. The van der Waals surface area contributed by atoms with Gasteiger partial charge >= 0.3 is 6.18 Å². The molecule has 5 nitrogen and oxygen atoms in total. The number of fused-ring (bicyclic) bond motifs is 1. The summed E-state index contributed by atoms with van der Waals surface area (Å²) in [6.07, 6.45) is -4.82. The van der Waals surface area contributed by atoms with Crippen LogP contribution in [0.5, 0.6) is 5.75 Å². The molecule has 0 radical (unpaired) electrons. The Labute approximate surface area is 187 Å². The molecular weight excluding hydrogens is 445 g/mol. The molecule has 0 aliphatic heterocycles. The van der Waals surface area contributed by atoms with Gasteiger partial charge in [0.15, 0.2) is 5.60 Å². The van der Waals surface area contributed by atoms with Gasteiger partial charge in [-0.05, 0) is 48.6 Å². The quantitative estimate of drug-likeness (QED) is 0.434. The number of aromatic amines is 1. The van der Waals surface area contributed by atoms with Crippen molar-refractivity contribution in [3.63, 3.8) is 0 Å². The van der Waals surface area contributed by atoms with Crippen molar-refractivity contribution in [3.8, 4) is 5.75 Å². The smallest absolute Gasteiger partial charge is 0.422 e. The summed E-state index contributed by atoms with van der Waals surface area (Å²) in [4.78, 5) is 18.1. The predicted molar refractivity (Wildman–Crippen MR) is 119 cm³/mol. The lowest BCUT2D eigenvalue weighted by molar-refractivity contribution is -0.232. The summed E-state index contributed by atoms with van der Waals surface area (Å²) in [6.45, 7) is 1.72. The minimum absolute atomic E-state index is 0.190. The third-order valence-corrected chi connectivity index (χ3v) is 5.64. The highest BCUT2D eigenvalue weighted by Crippen LogP contribution is 2.43. The first-order valence-corrected chi connectivity index (χ1v) is 10.3. The maximum absolute atomic E-state index is 14.0. The van der Waals surface area contributed by atoms with Crippen molar-refractivity contribution >= 4 is 34.4 Å². The van der Waals surface area contributed by atoms with Crippen LogP contribution in [-0.2, 0) is 0 Å². The second-order valence-electron chi connectivity index (χ2n) is 7.41. The van der Waals surface area contributed by atoms with Crippen LogP contribution in [0.2, 0.25) is 5.02 Å². The molecule has 1 heterocycles. The molecule has 3 rings (SSSR count). The number of ether oxygens (including phenoxy) is 1. The molecule has 3 aromatic rings. The van der Waals surface area contributed by atoms with Crippen LogP contribution in [0.3, 0.4) is 0 Å². The molecule has 2 N–H and O–H groups in total. The lowest BCUT2D eigenvalue weighted by Crippen LogP contribution is -2.47. The van der Waals surface area contributed by atoms with Crippen LogP contribution >= 0.6 is 11.6 Å². The zero-order chi connectivity index (χ0) is 23.5. The summed E-state index contributed by atoms with van der Waals surface area (Å²) in [5.41, 5.74) is -2.45. The number of para-hydroxylation sites is 1. The normalized spacial score (nSPS) is 15.1. The van der Waals surface area contributed by atoms with Gasteiger partial charge in [-0.15, -0.1) is 0 Å².